The van der Waals surface area contributed by atoms with Crippen molar-refractivity contribution >= 4 is 29.4 Å². The highest BCUT2D eigenvalue weighted by molar-refractivity contribution is 7.99. The molecule has 0 saturated heterocycles. The van der Waals surface area contributed by atoms with Crippen molar-refractivity contribution in [1.82, 2.24) is 10.6 Å². The Labute approximate surface area is 167 Å². The molecule has 4 rings (SSSR count). The molecule has 1 atom stereocenters. The summed E-state index contributed by atoms with van der Waals surface area (Å²) < 4.78 is 14.0. The van der Waals surface area contributed by atoms with E-state index in [0.717, 1.165) is 36.1 Å². The quantitative estimate of drug-likeness (QED) is 0.714. The maximum Gasteiger partial charge on any atom is 0.319 e. The summed E-state index contributed by atoms with van der Waals surface area (Å²) in [4.78, 5) is 25.4. The molecule has 0 aromatic heterocycles. The molecule has 3 amide bonds. The van der Waals surface area contributed by atoms with Crippen LogP contribution in [0.3, 0.4) is 0 Å². The fraction of sp³-hybridized carbons (Fsp3) is 0.333. The summed E-state index contributed by atoms with van der Waals surface area (Å²) in [6.07, 6.45) is 2.77. The van der Waals surface area contributed by atoms with Gasteiger partial charge in [-0.05, 0) is 55.5 Å². The molecule has 1 saturated carbocycles. The Bertz CT molecular complexity index is 930. The minimum absolute atomic E-state index is 0.125. The van der Waals surface area contributed by atoms with Gasteiger partial charge in [-0.25, -0.2) is 9.18 Å². The van der Waals surface area contributed by atoms with Crippen molar-refractivity contribution in [2.45, 2.75) is 43.2 Å². The van der Waals surface area contributed by atoms with Crippen LogP contribution < -0.4 is 16.0 Å². The average Bonchev–Trinajstić information content (AvgIpc) is 3.48. The Hall–Kier alpha value is -2.54. The average molecular weight is 399 g/mol. The summed E-state index contributed by atoms with van der Waals surface area (Å²) in [5.41, 5.74) is 2.78. The van der Waals surface area contributed by atoms with Crippen LogP contribution in [0.25, 0.3) is 0 Å². The van der Waals surface area contributed by atoms with Gasteiger partial charge in [0.15, 0.2) is 0 Å². The van der Waals surface area contributed by atoms with Gasteiger partial charge >= 0.3 is 6.03 Å². The second-order valence-corrected chi connectivity index (χ2v) is 8.33. The summed E-state index contributed by atoms with van der Waals surface area (Å²) in [6.45, 7) is 1.88. The second-order valence-electron chi connectivity index (χ2n) is 7.22. The molecule has 1 unspecified atom stereocenters. The molecule has 2 aromatic rings. The highest BCUT2D eigenvalue weighted by Gasteiger charge is 2.25. The van der Waals surface area contributed by atoms with Gasteiger partial charge < -0.3 is 16.0 Å². The topological polar surface area (TPSA) is 70.2 Å². The Balaban J connectivity index is 1.46. The maximum absolute atomic E-state index is 14.0. The molecule has 2 aliphatic rings. The number of hydrogen-bond acceptors (Lipinski definition) is 3. The van der Waals surface area contributed by atoms with E-state index in [1.807, 2.05) is 19.1 Å². The number of urea groups is 1. The minimum Gasteiger partial charge on any atom is -0.349 e. The number of amides is 3. The fourth-order valence-corrected chi connectivity index (χ4v) is 4.39. The van der Waals surface area contributed by atoms with E-state index in [0.29, 0.717) is 16.1 Å². The van der Waals surface area contributed by atoms with E-state index in [-0.39, 0.29) is 29.8 Å². The third-order valence-electron chi connectivity index (χ3n) is 4.99. The van der Waals surface area contributed by atoms with Crippen molar-refractivity contribution in [3.05, 3.63) is 58.9 Å². The summed E-state index contributed by atoms with van der Waals surface area (Å²) in [6, 6.07) is 9.89. The predicted molar refractivity (Wildman–Crippen MR) is 108 cm³/mol. The van der Waals surface area contributed by atoms with E-state index in [9.17, 15) is 14.0 Å². The number of rotatable bonds is 4. The number of halogens is 1. The molecule has 0 spiro atoms. The first-order valence-corrected chi connectivity index (χ1v) is 10.4. The number of carbonyl (C=O) groups is 2. The number of aryl methyl sites for hydroxylation is 1. The molecular weight excluding hydrogens is 377 g/mol. The van der Waals surface area contributed by atoms with E-state index < -0.39 is 0 Å². The van der Waals surface area contributed by atoms with Gasteiger partial charge in [0.1, 0.15) is 5.82 Å². The Morgan fingerprint density at radius 1 is 1.11 bits per heavy atom. The Morgan fingerprint density at radius 3 is 2.71 bits per heavy atom. The molecular formula is C21H22FN3O2S. The SMILES string of the molecule is Cc1ccc(C(=O)NC2CC2)cc1NC(=O)NC1CCSc2c(F)cccc21. The molecule has 28 heavy (non-hydrogen) atoms. The van der Waals surface area contributed by atoms with Gasteiger partial charge in [-0.3, -0.25) is 4.79 Å². The first-order valence-electron chi connectivity index (χ1n) is 9.41. The first-order chi connectivity index (χ1) is 13.5. The van der Waals surface area contributed by atoms with Gasteiger partial charge in [0.05, 0.1) is 6.04 Å². The lowest BCUT2D eigenvalue weighted by Crippen LogP contribution is -2.34. The number of nitrogens with one attached hydrogen (secondary N) is 3. The van der Waals surface area contributed by atoms with E-state index in [2.05, 4.69) is 16.0 Å². The van der Waals surface area contributed by atoms with Crippen LogP contribution in [0, 0.1) is 12.7 Å². The Kier molecular flexibility index (Phi) is 5.26. The van der Waals surface area contributed by atoms with Gasteiger partial charge in [0, 0.05) is 27.9 Å². The fourth-order valence-electron chi connectivity index (χ4n) is 3.25. The highest BCUT2D eigenvalue weighted by Crippen LogP contribution is 2.37. The number of carbonyl (C=O) groups excluding carboxylic acids is 2. The zero-order valence-corrected chi connectivity index (χ0v) is 16.4. The molecule has 1 aliphatic carbocycles. The lowest BCUT2D eigenvalue weighted by molar-refractivity contribution is 0.0951. The standard InChI is InChI=1S/C21H22FN3O2S/c1-12-5-6-13(20(26)23-14-7-8-14)11-18(12)25-21(27)24-17-9-10-28-19-15(17)3-2-4-16(19)22/h2-6,11,14,17H,7-10H2,1H3,(H,23,26)(H2,24,25,27). The number of anilines is 1. The molecule has 0 radical (unpaired) electrons. The predicted octanol–water partition coefficient (Wildman–Crippen LogP) is 4.38. The van der Waals surface area contributed by atoms with Crippen LogP contribution >= 0.6 is 11.8 Å². The number of benzene rings is 2. The van der Waals surface area contributed by atoms with Crippen LogP contribution in [0.4, 0.5) is 14.9 Å². The molecule has 146 valence electrons. The monoisotopic (exact) mass is 399 g/mol. The lowest BCUT2D eigenvalue weighted by Gasteiger charge is -2.26. The van der Waals surface area contributed by atoms with Gasteiger partial charge in [0.25, 0.3) is 5.91 Å². The molecule has 1 heterocycles. The van der Waals surface area contributed by atoms with Crippen molar-refractivity contribution in [1.29, 1.82) is 0 Å². The van der Waals surface area contributed by atoms with Crippen molar-refractivity contribution < 1.29 is 14.0 Å². The van der Waals surface area contributed by atoms with Crippen molar-refractivity contribution in [3.8, 4) is 0 Å². The second kappa shape index (κ2) is 7.83. The summed E-state index contributed by atoms with van der Waals surface area (Å²) >= 11 is 1.48. The molecule has 1 fully saturated rings. The smallest absolute Gasteiger partial charge is 0.319 e. The highest BCUT2D eigenvalue weighted by atomic mass is 32.2. The minimum atomic E-state index is -0.366. The van der Waals surface area contributed by atoms with E-state index in [4.69, 9.17) is 0 Å². The number of thioether (sulfide) groups is 1. The summed E-state index contributed by atoms with van der Waals surface area (Å²) in [5, 5.41) is 8.72. The first kappa shape index (κ1) is 18.8. The molecule has 5 nitrogen and oxygen atoms in total. The third-order valence-corrected chi connectivity index (χ3v) is 6.15. The largest absolute Gasteiger partial charge is 0.349 e. The molecule has 0 bridgehead atoms. The van der Waals surface area contributed by atoms with E-state index in [1.165, 1.54) is 17.8 Å². The molecule has 3 N–H and O–H groups in total. The van der Waals surface area contributed by atoms with Crippen LogP contribution in [0.2, 0.25) is 0 Å². The molecule has 2 aromatic carbocycles. The van der Waals surface area contributed by atoms with E-state index in [1.54, 1.807) is 18.2 Å². The number of fused-ring (bicyclic) bond motifs is 1. The maximum atomic E-state index is 14.0. The van der Waals surface area contributed by atoms with Crippen LogP contribution in [0.5, 0.6) is 0 Å². The van der Waals surface area contributed by atoms with Crippen LogP contribution in [0.1, 0.15) is 46.8 Å². The van der Waals surface area contributed by atoms with Gasteiger partial charge in [-0.1, -0.05) is 18.2 Å². The van der Waals surface area contributed by atoms with Crippen LogP contribution in [-0.4, -0.2) is 23.7 Å². The molecule has 1 aliphatic heterocycles. The van der Waals surface area contributed by atoms with Crippen molar-refractivity contribution in [2.24, 2.45) is 0 Å². The van der Waals surface area contributed by atoms with Crippen LogP contribution in [-0.2, 0) is 0 Å². The zero-order valence-electron chi connectivity index (χ0n) is 15.5. The van der Waals surface area contributed by atoms with Crippen LogP contribution in [0.15, 0.2) is 41.3 Å². The van der Waals surface area contributed by atoms with Gasteiger partial charge in [-0.15, -0.1) is 11.8 Å². The summed E-state index contributed by atoms with van der Waals surface area (Å²) in [7, 11) is 0. The lowest BCUT2D eigenvalue weighted by atomic mass is 10.0. The van der Waals surface area contributed by atoms with Crippen molar-refractivity contribution in [2.75, 3.05) is 11.1 Å². The van der Waals surface area contributed by atoms with E-state index >= 15 is 0 Å². The zero-order chi connectivity index (χ0) is 19.7. The normalized spacial score (nSPS) is 18.1. The van der Waals surface area contributed by atoms with Gasteiger partial charge in [-0.2, -0.15) is 0 Å². The molecule has 7 heteroatoms. The number of hydrogen-bond donors (Lipinski definition) is 3. The van der Waals surface area contributed by atoms with Crippen molar-refractivity contribution in [3.63, 3.8) is 0 Å². The van der Waals surface area contributed by atoms with Gasteiger partial charge in [0.2, 0.25) is 0 Å². The Morgan fingerprint density at radius 2 is 1.93 bits per heavy atom. The third kappa shape index (κ3) is 4.14. The summed E-state index contributed by atoms with van der Waals surface area (Å²) in [5.74, 6) is 0.369.